The Hall–Kier alpha value is -3.55. The number of esters is 1. The van der Waals surface area contributed by atoms with Crippen LogP contribution in [0, 0.1) is 0 Å². The lowest BCUT2D eigenvalue weighted by molar-refractivity contribution is -0.123. The topological polar surface area (TPSA) is 81.2 Å². The number of nitrogens with zero attached hydrogens (tertiary/aromatic N) is 2. The second-order valence-corrected chi connectivity index (χ2v) is 9.68. The first-order chi connectivity index (χ1) is 17.0. The van der Waals surface area contributed by atoms with Gasteiger partial charge in [-0.05, 0) is 73.0 Å². The fourth-order valence-electron chi connectivity index (χ4n) is 4.20. The van der Waals surface area contributed by atoms with E-state index in [1.807, 2.05) is 35.7 Å². The smallest absolute Gasteiger partial charge is 0.339 e. The number of carbonyl (C=O) groups excluding carboxylic acids is 2. The van der Waals surface area contributed by atoms with Crippen molar-refractivity contribution < 1.29 is 14.3 Å². The number of nitrogens with one attached hydrogen (secondary N) is 1. The molecule has 0 bridgehead atoms. The molecule has 1 amide bonds. The largest absolute Gasteiger partial charge is 0.449 e. The first-order valence-electron chi connectivity index (χ1n) is 11.3. The monoisotopic (exact) mass is 503 g/mol. The fraction of sp³-hybridized carbons (Fsp3) is 0.185. The van der Waals surface area contributed by atoms with Gasteiger partial charge in [-0.3, -0.25) is 4.79 Å². The molecule has 3 heterocycles. The standard InChI is InChI=1S/C27H22ClN3O3S/c1-16(26(32)31-23-12-11-18(28)15-29-23)34-27(33)24-20-8-2-3-10-22(20)30-25-17(6-4-9-21(24)25)14-19-7-5-13-35-19/h2-3,5,7-8,10-16H,4,6,9H2,1H3,(H,29,31,32)/b17-14+/t16-/m0/s1. The summed E-state index contributed by atoms with van der Waals surface area (Å²) in [7, 11) is 0. The second kappa shape index (κ2) is 9.98. The molecule has 0 fully saturated rings. The summed E-state index contributed by atoms with van der Waals surface area (Å²) in [5, 5.41) is 5.88. The number of hydrogen-bond acceptors (Lipinski definition) is 6. The number of pyridine rings is 2. The Kier molecular flexibility index (Phi) is 6.61. The van der Waals surface area contributed by atoms with E-state index in [4.69, 9.17) is 21.3 Å². The number of thiophene rings is 1. The Balaban J connectivity index is 1.48. The van der Waals surface area contributed by atoms with Crippen LogP contribution < -0.4 is 5.32 Å². The van der Waals surface area contributed by atoms with Gasteiger partial charge in [0, 0.05) is 16.5 Å². The highest BCUT2D eigenvalue weighted by Gasteiger charge is 2.28. The van der Waals surface area contributed by atoms with Gasteiger partial charge in [-0.2, -0.15) is 0 Å². The zero-order valence-corrected chi connectivity index (χ0v) is 20.5. The van der Waals surface area contributed by atoms with Gasteiger partial charge in [0.05, 0.1) is 21.8 Å². The van der Waals surface area contributed by atoms with Gasteiger partial charge in [0.1, 0.15) is 5.82 Å². The van der Waals surface area contributed by atoms with Crippen LogP contribution in [0.1, 0.15) is 46.3 Å². The van der Waals surface area contributed by atoms with Crippen LogP contribution in [-0.2, 0) is 16.0 Å². The van der Waals surface area contributed by atoms with E-state index in [1.165, 1.54) is 6.20 Å². The highest BCUT2D eigenvalue weighted by atomic mass is 35.5. The van der Waals surface area contributed by atoms with Gasteiger partial charge < -0.3 is 10.1 Å². The van der Waals surface area contributed by atoms with Crippen molar-refractivity contribution in [2.24, 2.45) is 0 Å². The number of hydrogen-bond donors (Lipinski definition) is 1. The number of aromatic nitrogens is 2. The molecule has 0 spiro atoms. The number of halogens is 1. The number of amides is 1. The van der Waals surface area contributed by atoms with E-state index in [-0.39, 0.29) is 0 Å². The van der Waals surface area contributed by atoms with Crippen molar-refractivity contribution in [2.75, 3.05) is 5.32 Å². The van der Waals surface area contributed by atoms with Crippen molar-refractivity contribution in [3.05, 3.63) is 86.8 Å². The molecule has 35 heavy (non-hydrogen) atoms. The van der Waals surface area contributed by atoms with Gasteiger partial charge in [-0.25, -0.2) is 14.8 Å². The van der Waals surface area contributed by atoms with Crippen molar-refractivity contribution in [1.82, 2.24) is 9.97 Å². The number of ether oxygens (including phenoxy) is 1. The molecule has 0 aliphatic heterocycles. The van der Waals surface area contributed by atoms with Gasteiger partial charge in [-0.15, -0.1) is 11.3 Å². The van der Waals surface area contributed by atoms with E-state index in [0.717, 1.165) is 45.5 Å². The Bertz CT molecular complexity index is 1430. The zero-order valence-electron chi connectivity index (χ0n) is 19.0. The molecule has 0 saturated carbocycles. The predicted octanol–water partition coefficient (Wildman–Crippen LogP) is 6.41. The van der Waals surface area contributed by atoms with Crippen LogP contribution in [0.2, 0.25) is 5.02 Å². The molecule has 1 atom stereocenters. The van der Waals surface area contributed by atoms with Gasteiger partial charge in [0.2, 0.25) is 0 Å². The molecule has 1 aromatic carbocycles. The van der Waals surface area contributed by atoms with Crippen LogP contribution in [0.5, 0.6) is 0 Å². The number of fused-ring (bicyclic) bond motifs is 2. The van der Waals surface area contributed by atoms with Gasteiger partial charge >= 0.3 is 5.97 Å². The molecule has 4 aromatic rings. The minimum Gasteiger partial charge on any atom is -0.449 e. The van der Waals surface area contributed by atoms with Gasteiger partial charge in [-0.1, -0.05) is 35.9 Å². The summed E-state index contributed by atoms with van der Waals surface area (Å²) < 4.78 is 5.66. The minimum absolute atomic E-state index is 0.331. The lowest BCUT2D eigenvalue weighted by atomic mass is 9.86. The molecule has 8 heteroatoms. The number of para-hydroxylation sites is 1. The third-order valence-electron chi connectivity index (χ3n) is 5.87. The molecule has 0 saturated heterocycles. The maximum atomic E-state index is 13.5. The van der Waals surface area contributed by atoms with Crippen LogP contribution >= 0.6 is 22.9 Å². The average molecular weight is 504 g/mol. The van der Waals surface area contributed by atoms with Crippen LogP contribution in [-0.4, -0.2) is 27.9 Å². The molecule has 3 aromatic heterocycles. The molecule has 176 valence electrons. The molecule has 1 aliphatic rings. The van der Waals surface area contributed by atoms with Gasteiger partial charge in [0.25, 0.3) is 5.91 Å². The number of rotatable bonds is 5. The Labute approximate surface area is 211 Å². The van der Waals surface area contributed by atoms with Crippen molar-refractivity contribution >= 4 is 63.2 Å². The molecule has 1 N–H and O–H groups in total. The normalized spacial score (nSPS) is 15.0. The SMILES string of the molecule is C[C@H](OC(=O)c1c2c(nc3ccccc13)/C(=C/c1cccs1)CCC2)C(=O)Nc1ccc(Cl)cn1. The van der Waals surface area contributed by atoms with Crippen LogP contribution in [0.15, 0.2) is 60.1 Å². The van der Waals surface area contributed by atoms with Crippen LogP contribution in [0.25, 0.3) is 22.6 Å². The molecule has 0 radical (unpaired) electrons. The van der Waals surface area contributed by atoms with Crippen molar-refractivity contribution in [3.63, 3.8) is 0 Å². The molecular weight excluding hydrogens is 482 g/mol. The number of anilines is 1. The molecule has 1 aliphatic carbocycles. The Morgan fingerprint density at radius 2 is 2.00 bits per heavy atom. The summed E-state index contributed by atoms with van der Waals surface area (Å²) in [5.41, 5.74) is 4.01. The van der Waals surface area contributed by atoms with E-state index in [1.54, 1.807) is 30.4 Å². The predicted molar refractivity (Wildman–Crippen MR) is 140 cm³/mol. The van der Waals surface area contributed by atoms with E-state index in [0.29, 0.717) is 22.8 Å². The average Bonchev–Trinajstić information content (AvgIpc) is 3.37. The van der Waals surface area contributed by atoms with Crippen LogP contribution in [0.4, 0.5) is 5.82 Å². The first-order valence-corrected chi connectivity index (χ1v) is 12.5. The highest BCUT2D eigenvalue weighted by molar-refractivity contribution is 7.10. The molecule has 0 unspecified atom stereocenters. The first kappa shape index (κ1) is 23.2. The Morgan fingerprint density at radius 1 is 1.14 bits per heavy atom. The summed E-state index contributed by atoms with van der Waals surface area (Å²) in [6.07, 6.45) is 5.07. The summed E-state index contributed by atoms with van der Waals surface area (Å²) >= 11 is 7.52. The molecular formula is C27H22ClN3O3S. The summed E-state index contributed by atoms with van der Waals surface area (Å²) in [6, 6.07) is 14.8. The summed E-state index contributed by atoms with van der Waals surface area (Å²) in [6.45, 7) is 1.54. The number of allylic oxidation sites excluding steroid dienone is 1. The Morgan fingerprint density at radius 3 is 2.77 bits per heavy atom. The molecule has 6 nitrogen and oxygen atoms in total. The second-order valence-electron chi connectivity index (χ2n) is 8.27. The van der Waals surface area contributed by atoms with Crippen molar-refractivity contribution in [3.8, 4) is 0 Å². The van der Waals surface area contributed by atoms with Crippen molar-refractivity contribution in [1.29, 1.82) is 0 Å². The van der Waals surface area contributed by atoms with E-state index < -0.39 is 18.0 Å². The third-order valence-corrected chi connectivity index (χ3v) is 6.91. The maximum absolute atomic E-state index is 13.5. The lowest BCUT2D eigenvalue weighted by Crippen LogP contribution is -2.31. The number of benzene rings is 1. The van der Waals surface area contributed by atoms with E-state index in [9.17, 15) is 9.59 Å². The van der Waals surface area contributed by atoms with Crippen molar-refractivity contribution in [2.45, 2.75) is 32.3 Å². The fourth-order valence-corrected chi connectivity index (χ4v) is 5.00. The third kappa shape index (κ3) is 4.97. The van der Waals surface area contributed by atoms with E-state index in [2.05, 4.69) is 22.4 Å². The van der Waals surface area contributed by atoms with Crippen LogP contribution in [0.3, 0.4) is 0 Å². The zero-order chi connectivity index (χ0) is 24.4. The minimum atomic E-state index is -1.02. The lowest BCUT2D eigenvalue weighted by Gasteiger charge is -2.23. The van der Waals surface area contributed by atoms with E-state index >= 15 is 0 Å². The number of carbonyl (C=O) groups is 2. The highest BCUT2D eigenvalue weighted by Crippen LogP contribution is 2.37. The summed E-state index contributed by atoms with van der Waals surface area (Å²) in [5.74, 6) is -0.681. The summed E-state index contributed by atoms with van der Waals surface area (Å²) in [4.78, 5) is 36.3. The maximum Gasteiger partial charge on any atom is 0.339 e. The molecule has 5 rings (SSSR count). The quantitative estimate of drug-likeness (QED) is 0.318. The van der Waals surface area contributed by atoms with Gasteiger partial charge in [0.15, 0.2) is 6.10 Å².